The van der Waals surface area contributed by atoms with Gasteiger partial charge >= 0.3 is 0 Å². The molecule has 0 atom stereocenters. The topological polar surface area (TPSA) is 29.3 Å². The standard InChI is InChI=1S/C14H18N2S/c1-16(11-13-6-4-10-17-13)14-7-3-2-5-12(14)8-9-15/h2-7,10H,8-9,11,15H2,1H3. The maximum absolute atomic E-state index is 5.65. The number of benzene rings is 1. The van der Waals surface area contributed by atoms with Crippen LogP contribution in [-0.4, -0.2) is 13.6 Å². The van der Waals surface area contributed by atoms with E-state index >= 15 is 0 Å². The molecule has 0 saturated heterocycles. The molecular formula is C14H18N2S. The molecule has 0 radical (unpaired) electrons. The maximum atomic E-state index is 5.65. The van der Waals surface area contributed by atoms with E-state index in [-0.39, 0.29) is 0 Å². The SMILES string of the molecule is CN(Cc1cccs1)c1ccccc1CCN. The van der Waals surface area contributed by atoms with E-state index in [1.807, 2.05) is 0 Å². The Morgan fingerprint density at radius 1 is 1.18 bits per heavy atom. The summed E-state index contributed by atoms with van der Waals surface area (Å²) in [4.78, 5) is 3.67. The van der Waals surface area contributed by atoms with E-state index in [0.717, 1.165) is 13.0 Å². The van der Waals surface area contributed by atoms with Gasteiger partial charge in [-0.15, -0.1) is 11.3 Å². The van der Waals surface area contributed by atoms with Gasteiger partial charge in [0.2, 0.25) is 0 Å². The fraction of sp³-hybridized carbons (Fsp3) is 0.286. The van der Waals surface area contributed by atoms with Gasteiger partial charge in [0.15, 0.2) is 0 Å². The Bertz CT molecular complexity index is 451. The van der Waals surface area contributed by atoms with E-state index in [1.54, 1.807) is 11.3 Å². The molecule has 90 valence electrons. The summed E-state index contributed by atoms with van der Waals surface area (Å²) in [5, 5.41) is 2.12. The quantitative estimate of drug-likeness (QED) is 0.879. The van der Waals surface area contributed by atoms with Crippen LogP contribution in [0.5, 0.6) is 0 Å². The monoisotopic (exact) mass is 246 g/mol. The van der Waals surface area contributed by atoms with Gasteiger partial charge in [-0.25, -0.2) is 0 Å². The summed E-state index contributed by atoms with van der Waals surface area (Å²) < 4.78 is 0. The average Bonchev–Trinajstić information content (AvgIpc) is 2.83. The first kappa shape index (κ1) is 12.1. The fourth-order valence-electron chi connectivity index (χ4n) is 1.97. The molecule has 2 aromatic rings. The van der Waals surface area contributed by atoms with Crippen molar-refractivity contribution in [2.45, 2.75) is 13.0 Å². The van der Waals surface area contributed by atoms with E-state index in [1.165, 1.54) is 16.1 Å². The normalized spacial score (nSPS) is 10.5. The number of hydrogen-bond donors (Lipinski definition) is 1. The second kappa shape index (κ2) is 5.84. The highest BCUT2D eigenvalue weighted by molar-refractivity contribution is 7.09. The summed E-state index contributed by atoms with van der Waals surface area (Å²) in [7, 11) is 2.13. The molecule has 0 spiro atoms. The first-order valence-electron chi connectivity index (χ1n) is 5.82. The highest BCUT2D eigenvalue weighted by Gasteiger charge is 2.07. The number of nitrogens with zero attached hydrogens (tertiary/aromatic N) is 1. The van der Waals surface area contributed by atoms with Crippen LogP contribution in [-0.2, 0) is 13.0 Å². The second-order valence-electron chi connectivity index (χ2n) is 4.10. The zero-order valence-corrected chi connectivity index (χ0v) is 10.9. The van der Waals surface area contributed by atoms with Crippen LogP contribution in [0.2, 0.25) is 0 Å². The number of para-hydroxylation sites is 1. The predicted molar refractivity (Wildman–Crippen MR) is 75.6 cm³/mol. The predicted octanol–water partition coefficient (Wildman–Crippen LogP) is 2.89. The summed E-state index contributed by atoms with van der Waals surface area (Å²) in [6.45, 7) is 1.66. The van der Waals surface area contributed by atoms with E-state index in [4.69, 9.17) is 5.73 Å². The van der Waals surface area contributed by atoms with Gasteiger partial charge in [0.05, 0.1) is 6.54 Å². The lowest BCUT2D eigenvalue weighted by Crippen LogP contribution is -2.18. The average molecular weight is 246 g/mol. The Hall–Kier alpha value is -1.32. The van der Waals surface area contributed by atoms with Crippen molar-refractivity contribution >= 4 is 17.0 Å². The van der Waals surface area contributed by atoms with Crippen LogP contribution in [0.15, 0.2) is 41.8 Å². The molecule has 0 aliphatic rings. The molecule has 0 amide bonds. The molecule has 1 aromatic heterocycles. The number of hydrogen-bond acceptors (Lipinski definition) is 3. The Labute approximate surface area is 107 Å². The van der Waals surface area contributed by atoms with Crippen molar-refractivity contribution in [2.24, 2.45) is 5.73 Å². The molecular weight excluding hydrogens is 228 g/mol. The van der Waals surface area contributed by atoms with Crippen molar-refractivity contribution in [1.29, 1.82) is 0 Å². The van der Waals surface area contributed by atoms with E-state index in [2.05, 4.69) is 53.7 Å². The van der Waals surface area contributed by atoms with Crippen molar-refractivity contribution in [2.75, 3.05) is 18.5 Å². The second-order valence-corrected chi connectivity index (χ2v) is 5.14. The minimum Gasteiger partial charge on any atom is -0.369 e. The van der Waals surface area contributed by atoms with Crippen LogP contribution in [0, 0.1) is 0 Å². The van der Waals surface area contributed by atoms with Crippen LogP contribution in [0.25, 0.3) is 0 Å². The van der Waals surface area contributed by atoms with Crippen LogP contribution in [0.3, 0.4) is 0 Å². The van der Waals surface area contributed by atoms with Gasteiger partial charge in [-0.2, -0.15) is 0 Å². The van der Waals surface area contributed by atoms with Crippen LogP contribution < -0.4 is 10.6 Å². The minimum atomic E-state index is 0.698. The molecule has 3 heteroatoms. The van der Waals surface area contributed by atoms with Gasteiger partial charge < -0.3 is 10.6 Å². The number of anilines is 1. The lowest BCUT2D eigenvalue weighted by Gasteiger charge is -2.21. The summed E-state index contributed by atoms with van der Waals surface area (Å²) in [5.74, 6) is 0. The molecule has 2 rings (SSSR count). The first-order chi connectivity index (χ1) is 8.31. The third-order valence-corrected chi connectivity index (χ3v) is 3.65. The number of nitrogens with two attached hydrogens (primary N) is 1. The van der Waals surface area contributed by atoms with Crippen molar-refractivity contribution < 1.29 is 0 Å². The largest absolute Gasteiger partial charge is 0.369 e. The Morgan fingerprint density at radius 2 is 2.00 bits per heavy atom. The third kappa shape index (κ3) is 3.08. The molecule has 1 aromatic carbocycles. The lowest BCUT2D eigenvalue weighted by atomic mass is 10.1. The zero-order valence-electron chi connectivity index (χ0n) is 10.1. The van der Waals surface area contributed by atoms with Gasteiger partial charge in [-0.05, 0) is 36.0 Å². The van der Waals surface area contributed by atoms with Gasteiger partial charge in [0, 0.05) is 17.6 Å². The molecule has 0 fully saturated rings. The van der Waals surface area contributed by atoms with Crippen molar-refractivity contribution in [3.63, 3.8) is 0 Å². The van der Waals surface area contributed by atoms with Gasteiger partial charge in [-0.1, -0.05) is 24.3 Å². The fourth-order valence-corrected chi connectivity index (χ4v) is 2.73. The molecule has 0 bridgehead atoms. The molecule has 17 heavy (non-hydrogen) atoms. The van der Waals surface area contributed by atoms with Crippen LogP contribution in [0.4, 0.5) is 5.69 Å². The molecule has 2 nitrogen and oxygen atoms in total. The van der Waals surface area contributed by atoms with Gasteiger partial charge in [-0.3, -0.25) is 0 Å². The van der Waals surface area contributed by atoms with Crippen LogP contribution in [0.1, 0.15) is 10.4 Å². The molecule has 0 unspecified atom stereocenters. The number of rotatable bonds is 5. The molecule has 0 aliphatic heterocycles. The maximum Gasteiger partial charge on any atom is 0.0519 e. The van der Waals surface area contributed by atoms with Gasteiger partial charge in [0.25, 0.3) is 0 Å². The summed E-state index contributed by atoms with van der Waals surface area (Å²) in [5.41, 5.74) is 8.26. The highest BCUT2D eigenvalue weighted by Crippen LogP contribution is 2.22. The minimum absolute atomic E-state index is 0.698. The molecule has 0 saturated carbocycles. The molecule has 2 N–H and O–H groups in total. The lowest BCUT2D eigenvalue weighted by molar-refractivity contribution is 0.903. The van der Waals surface area contributed by atoms with E-state index in [0.29, 0.717) is 6.54 Å². The molecule has 1 heterocycles. The highest BCUT2D eigenvalue weighted by atomic mass is 32.1. The van der Waals surface area contributed by atoms with Crippen molar-refractivity contribution in [3.05, 3.63) is 52.2 Å². The van der Waals surface area contributed by atoms with Crippen LogP contribution >= 0.6 is 11.3 Å². The third-order valence-electron chi connectivity index (χ3n) is 2.79. The number of thiophene rings is 1. The van der Waals surface area contributed by atoms with E-state index < -0.39 is 0 Å². The Morgan fingerprint density at radius 3 is 2.71 bits per heavy atom. The first-order valence-corrected chi connectivity index (χ1v) is 6.70. The zero-order chi connectivity index (χ0) is 12.1. The molecule has 0 aliphatic carbocycles. The summed E-state index contributed by atoms with van der Waals surface area (Å²) >= 11 is 1.80. The van der Waals surface area contributed by atoms with Gasteiger partial charge in [0.1, 0.15) is 0 Å². The Kier molecular flexibility index (Phi) is 4.18. The summed E-state index contributed by atoms with van der Waals surface area (Å²) in [6, 6.07) is 12.8. The smallest absolute Gasteiger partial charge is 0.0519 e. The summed E-state index contributed by atoms with van der Waals surface area (Å²) in [6.07, 6.45) is 0.935. The van der Waals surface area contributed by atoms with Crippen molar-refractivity contribution in [3.8, 4) is 0 Å². The van der Waals surface area contributed by atoms with E-state index in [9.17, 15) is 0 Å². The van der Waals surface area contributed by atoms with Crippen molar-refractivity contribution in [1.82, 2.24) is 0 Å². The Balaban J connectivity index is 2.15.